The Morgan fingerprint density at radius 2 is 2.10 bits per heavy atom. The predicted octanol–water partition coefficient (Wildman–Crippen LogP) is 3.70. The van der Waals surface area contributed by atoms with Gasteiger partial charge < -0.3 is 9.47 Å². The second-order valence-corrected chi connectivity index (χ2v) is 5.48. The smallest absolute Gasteiger partial charge is 0.141 e. The number of pyridine rings is 1. The molecule has 1 atom stereocenters. The van der Waals surface area contributed by atoms with Gasteiger partial charge >= 0.3 is 0 Å². The van der Waals surface area contributed by atoms with E-state index in [1.54, 1.807) is 18.4 Å². The summed E-state index contributed by atoms with van der Waals surface area (Å²) in [6.07, 6.45) is 0.890. The van der Waals surface area contributed by atoms with Crippen molar-refractivity contribution >= 4 is 11.3 Å². The van der Waals surface area contributed by atoms with Crippen molar-refractivity contribution in [1.29, 1.82) is 0 Å². The number of ether oxygens (including phenoxy) is 2. The molecule has 0 saturated carbocycles. The molecule has 4 nitrogen and oxygen atoms in total. The van der Waals surface area contributed by atoms with Gasteiger partial charge in [0.1, 0.15) is 23.5 Å². The van der Waals surface area contributed by atoms with Crippen LogP contribution in [0.2, 0.25) is 0 Å². The minimum absolute atomic E-state index is 0.0287. The molecule has 0 saturated heterocycles. The van der Waals surface area contributed by atoms with Gasteiger partial charge in [-0.1, -0.05) is 6.92 Å². The summed E-state index contributed by atoms with van der Waals surface area (Å²) < 4.78 is 11.1. The summed E-state index contributed by atoms with van der Waals surface area (Å²) in [5, 5.41) is 2.99. The summed E-state index contributed by atoms with van der Waals surface area (Å²) in [6.45, 7) is 6.52. The largest absolute Gasteiger partial charge is 0.485 e. The van der Waals surface area contributed by atoms with Crippen molar-refractivity contribution in [3.8, 4) is 5.75 Å². The first-order chi connectivity index (χ1) is 9.63. The van der Waals surface area contributed by atoms with Crippen molar-refractivity contribution in [2.75, 3.05) is 7.11 Å². The molecule has 20 heavy (non-hydrogen) atoms. The Labute approximate surface area is 123 Å². The number of methoxy groups -OCH3 is 1. The van der Waals surface area contributed by atoms with Crippen molar-refractivity contribution in [1.82, 2.24) is 9.97 Å². The highest BCUT2D eigenvalue weighted by Gasteiger charge is 2.10. The summed E-state index contributed by atoms with van der Waals surface area (Å²) in [4.78, 5) is 9.01. The molecule has 0 unspecified atom stereocenters. The van der Waals surface area contributed by atoms with Crippen LogP contribution < -0.4 is 4.74 Å². The molecule has 0 aromatic carbocycles. The maximum atomic E-state index is 5.84. The number of nitrogens with zero attached hydrogens (tertiary/aromatic N) is 2. The quantitative estimate of drug-likeness (QED) is 0.814. The third-order valence-corrected chi connectivity index (χ3v) is 4.11. The second-order valence-electron chi connectivity index (χ2n) is 4.59. The average Bonchev–Trinajstić information content (AvgIpc) is 2.93. The first-order valence-corrected chi connectivity index (χ1v) is 7.58. The lowest BCUT2D eigenvalue weighted by Gasteiger charge is -2.09. The summed E-state index contributed by atoms with van der Waals surface area (Å²) in [7, 11) is 1.69. The molecule has 0 aliphatic rings. The molecule has 0 N–H and O–H groups in total. The minimum Gasteiger partial charge on any atom is -0.485 e. The molecule has 2 aromatic heterocycles. The third kappa shape index (κ3) is 3.55. The lowest BCUT2D eigenvalue weighted by Crippen LogP contribution is -2.02. The summed E-state index contributed by atoms with van der Waals surface area (Å²) in [5.74, 6) is 0.840. The molecule has 0 bridgehead atoms. The maximum absolute atomic E-state index is 5.84. The number of aromatic nitrogens is 2. The Balaban J connectivity index is 2.03. The van der Waals surface area contributed by atoms with Crippen LogP contribution in [0, 0.1) is 6.92 Å². The monoisotopic (exact) mass is 292 g/mol. The van der Waals surface area contributed by atoms with Crippen LogP contribution in [0.1, 0.15) is 42.0 Å². The van der Waals surface area contributed by atoms with Crippen LogP contribution in [-0.4, -0.2) is 17.1 Å². The molecule has 0 radical (unpaired) electrons. The highest BCUT2D eigenvalue weighted by molar-refractivity contribution is 7.09. The van der Waals surface area contributed by atoms with Crippen molar-refractivity contribution in [3.63, 3.8) is 0 Å². The van der Waals surface area contributed by atoms with Gasteiger partial charge in [0.25, 0.3) is 0 Å². The molecule has 0 aliphatic heterocycles. The molecule has 5 heteroatoms. The van der Waals surface area contributed by atoms with E-state index in [9.17, 15) is 0 Å². The maximum Gasteiger partial charge on any atom is 0.141 e. The van der Waals surface area contributed by atoms with E-state index in [-0.39, 0.29) is 6.10 Å². The van der Waals surface area contributed by atoms with E-state index >= 15 is 0 Å². The van der Waals surface area contributed by atoms with E-state index in [4.69, 9.17) is 9.47 Å². The van der Waals surface area contributed by atoms with Gasteiger partial charge in [-0.05, 0) is 32.4 Å². The summed E-state index contributed by atoms with van der Waals surface area (Å²) in [5.41, 5.74) is 2.93. The topological polar surface area (TPSA) is 44.2 Å². The SMILES string of the molecule is CCc1nc(C)ccc1OCc1csc([C@@H](C)OC)n1. The fraction of sp³-hybridized carbons (Fsp3) is 0.467. The molecule has 2 aromatic rings. The van der Waals surface area contributed by atoms with Crippen LogP contribution >= 0.6 is 11.3 Å². The normalized spacial score (nSPS) is 12.4. The molecule has 0 fully saturated rings. The molecule has 0 spiro atoms. The minimum atomic E-state index is 0.0287. The highest BCUT2D eigenvalue weighted by Crippen LogP contribution is 2.22. The standard InChI is InChI=1S/C15H20N2O2S/c1-5-13-14(7-6-10(2)16-13)19-8-12-9-20-15(17-12)11(3)18-4/h6-7,9,11H,5,8H2,1-4H3/t11-/m1/s1. The van der Waals surface area contributed by atoms with E-state index in [0.717, 1.165) is 34.3 Å². The number of hydrogen-bond acceptors (Lipinski definition) is 5. The Bertz CT molecular complexity index is 569. The molecular weight excluding hydrogens is 272 g/mol. The fourth-order valence-electron chi connectivity index (χ4n) is 1.81. The van der Waals surface area contributed by atoms with Gasteiger partial charge in [-0.3, -0.25) is 4.98 Å². The van der Waals surface area contributed by atoms with Crippen LogP contribution in [0.5, 0.6) is 5.75 Å². The van der Waals surface area contributed by atoms with Gasteiger partial charge in [0.05, 0.1) is 11.4 Å². The lowest BCUT2D eigenvalue weighted by molar-refractivity contribution is 0.119. The summed E-state index contributed by atoms with van der Waals surface area (Å²) >= 11 is 1.60. The van der Waals surface area contributed by atoms with Gasteiger partial charge in [-0.15, -0.1) is 11.3 Å². The van der Waals surface area contributed by atoms with Gasteiger partial charge in [0.2, 0.25) is 0 Å². The lowest BCUT2D eigenvalue weighted by atomic mass is 10.2. The zero-order valence-electron chi connectivity index (χ0n) is 12.3. The van der Waals surface area contributed by atoms with Crippen molar-refractivity contribution in [2.24, 2.45) is 0 Å². The molecule has 108 valence electrons. The zero-order chi connectivity index (χ0) is 14.5. The van der Waals surface area contributed by atoms with Crippen LogP contribution in [0.15, 0.2) is 17.5 Å². The van der Waals surface area contributed by atoms with Crippen molar-refractivity contribution in [2.45, 2.75) is 39.9 Å². The molecular formula is C15H20N2O2S. The highest BCUT2D eigenvalue weighted by atomic mass is 32.1. The van der Waals surface area contributed by atoms with E-state index < -0.39 is 0 Å². The fourth-order valence-corrected chi connectivity index (χ4v) is 2.65. The molecule has 2 rings (SSSR count). The number of hydrogen-bond donors (Lipinski definition) is 0. The van der Waals surface area contributed by atoms with Crippen LogP contribution in [0.25, 0.3) is 0 Å². The van der Waals surface area contributed by atoms with E-state index in [1.165, 1.54) is 0 Å². The number of rotatable bonds is 6. The number of aryl methyl sites for hydroxylation is 2. The van der Waals surface area contributed by atoms with Gasteiger partial charge in [0, 0.05) is 18.2 Å². The Hall–Kier alpha value is -1.46. The van der Waals surface area contributed by atoms with E-state index in [1.807, 2.05) is 31.4 Å². The average molecular weight is 292 g/mol. The zero-order valence-corrected chi connectivity index (χ0v) is 13.2. The van der Waals surface area contributed by atoms with Crippen LogP contribution in [0.3, 0.4) is 0 Å². The third-order valence-electron chi connectivity index (χ3n) is 3.05. The first kappa shape index (κ1) is 14.9. The Morgan fingerprint density at radius 1 is 1.30 bits per heavy atom. The van der Waals surface area contributed by atoms with Crippen molar-refractivity contribution < 1.29 is 9.47 Å². The summed E-state index contributed by atoms with van der Waals surface area (Å²) in [6, 6.07) is 3.94. The van der Waals surface area contributed by atoms with Crippen LogP contribution in [-0.2, 0) is 17.8 Å². The number of thiazole rings is 1. The van der Waals surface area contributed by atoms with E-state index in [2.05, 4.69) is 16.9 Å². The van der Waals surface area contributed by atoms with Gasteiger partial charge in [-0.2, -0.15) is 0 Å². The molecule has 0 aliphatic carbocycles. The molecule has 0 amide bonds. The van der Waals surface area contributed by atoms with Crippen LogP contribution in [0.4, 0.5) is 0 Å². The first-order valence-electron chi connectivity index (χ1n) is 6.70. The van der Waals surface area contributed by atoms with E-state index in [0.29, 0.717) is 6.61 Å². The Morgan fingerprint density at radius 3 is 2.80 bits per heavy atom. The molecule has 2 heterocycles. The van der Waals surface area contributed by atoms with Gasteiger partial charge in [0.15, 0.2) is 0 Å². The second kappa shape index (κ2) is 6.81. The Kier molecular flexibility index (Phi) is 5.09. The van der Waals surface area contributed by atoms with Gasteiger partial charge in [-0.25, -0.2) is 4.98 Å². The predicted molar refractivity (Wildman–Crippen MR) is 80.2 cm³/mol. The van der Waals surface area contributed by atoms with Crippen molar-refractivity contribution in [3.05, 3.63) is 39.6 Å².